The van der Waals surface area contributed by atoms with Crippen molar-refractivity contribution in [1.29, 1.82) is 0 Å². The molecule has 6 rings (SSSR count). The van der Waals surface area contributed by atoms with E-state index in [4.69, 9.17) is 9.72 Å². The first-order valence-corrected chi connectivity index (χ1v) is 13.8. The second-order valence-electron chi connectivity index (χ2n) is 9.77. The van der Waals surface area contributed by atoms with E-state index in [1.165, 1.54) is 25.9 Å². The third-order valence-corrected chi connectivity index (χ3v) is 8.09. The molecule has 196 valence electrons. The lowest BCUT2D eigenvalue weighted by Gasteiger charge is -2.27. The lowest BCUT2D eigenvalue weighted by atomic mass is 9.93. The fourth-order valence-corrected chi connectivity index (χ4v) is 6.06. The molecule has 37 heavy (non-hydrogen) atoms. The molecule has 0 radical (unpaired) electrons. The average molecular weight is 521 g/mol. The number of aliphatic hydroxyl groups is 1. The van der Waals surface area contributed by atoms with Crippen molar-refractivity contribution in [1.82, 2.24) is 24.6 Å². The van der Waals surface area contributed by atoms with E-state index in [1.807, 2.05) is 41.2 Å². The van der Waals surface area contributed by atoms with Gasteiger partial charge in [-0.2, -0.15) is 5.10 Å². The molecule has 2 N–H and O–H groups in total. The minimum atomic E-state index is -0.303. The van der Waals surface area contributed by atoms with Crippen molar-refractivity contribution in [3.05, 3.63) is 48.9 Å². The van der Waals surface area contributed by atoms with Crippen molar-refractivity contribution in [3.8, 4) is 22.8 Å². The van der Waals surface area contributed by atoms with E-state index < -0.39 is 0 Å². The number of hydrogen-bond donors (Lipinski definition) is 2. The fourth-order valence-electron chi connectivity index (χ4n) is 5.11. The first-order chi connectivity index (χ1) is 17.7. The summed E-state index contributed by atoms with van der Waals surface area (Å²) < 4.78 is 9.24. The van der Waals surface area contributed by atoms with Gasteiger partial charge in [0.25, 0.3) is 0 Å². The van der Waals surface area contributed by atoms with Crippen LogP contribution in [0.5, 0.6) is 11.5 Å². The topological polar surface area (TPSA) is 88.3 Å². The number of benzene rings is 1. The zero-order valence-electron chi connectivity index (χ0n) is 20.3. The quantitative estimate of drug-likeness (QED) is 0.304. The molecule has 2 aliphatic rings. The van der Waals surface area contributed by atoms with Crippen LogP contribution in [-0.2, 0) is 6.54 Å². The summed E-state index contributed by atoms with van der Waals surface area (Å²) in [5.41, 5.74) is 2.76. The van der Waals surface area contributed by atoms with Gasteiger partial charge in [-0.1, -0.05) is 31.6 Å². The van der Waals surface area contributed by atoms with Crippen molar-refractivity contribution < 1.29 is 9.84 Å². The average Bonchev–Trinajstić information content (AvgIpc) is 3.65. The van der Waals surface area contributed by atoms with E-state index in [2.05, 4.69) is 26.5 Å². The Labute approximate surface area is 222 Å². The number of nitrogens with one attached hydrogen (secondary N) is 1. The molecule has 0 amide bonds. The number of fused-ring (bicyclic) bond motifs is 1. The molecule has 9 heteroatoms. The Bertz CT molecular complexity index is 1320. The zero-order chi connectivity index (χ0) is 24.3. The maximum absolute atomic E-state index is 10.3. The van der Waals surface area contributed by atoms with Gasteiger partial charge >= 0.3 is 0 Å². The largest absolute Gasteiger partial charge is 0.457 e. The number of pyridine rings is 1. The Balaban J connectivity index is 0.00000280. The van der Waals surface area contributed by atoms with Crippen LogP contribution in [0.1, 0.15) is 46.0 Å². The first-order valence-electron chi connectivity index (χ1n) is 12.9. The van der Waals surface area contributed by atoms with Gasteiger partial charge in [-0.25, -0.2) is 4.98 Å². The highest BCUT2D eigenvalue weighted by atomic mass is 32.1. The molecule has 4 aromatic rings. The second-order valence-corrected chi connectivity index (χ2v) is 10.8. The minimum Gasteiger partial charge on any atom is -0.457 e. The molecule has 0 bridgehead atoms. The van der Waals surface area contributed by atoms with Crippen LogP contribution in [0.4, 0.5) is 5.13 Å². The molecule has 1 saturated heterocycles. The Morgan fingerprint density at radius 1 is 1.03 bits per heavy atom. The van der Waals surface area contributed by atoms with Crippen LogP contribution >= 0.6 is 11.3 Å². The van der Waals surface area contributed by atoms with Crippen LogP contribution in [0.25, 0.3) is 21.5 Å². The Morgan fingerprint density at radius 3 is 2.73 bits per heavy atom. The van der Waals surface area contributed by atoms with Crippen molar-refractivity contribution in [3.63, 3.8) is 0 Å². The van der Waals surface area contributed by atoms with Gasteiger partial charge in [-0.05, 0) is 57.0 Å². The summed E-state index contributed by atoms with van der Waals surface area (Å²) in [4.78, 5) is 11.7. The van der Waals surface area contributed by atoms with Gasteiger partial charge in [0.2, 0.25) is 0 Å². The molecule has 3 aromatic heterocycles. The van der Waals surface area contributed by atoms with Crippen molar-refractivity contribution in [2.24, 2.45) is 0 Å². The number of ether oxygens (including phenoxy) is 1. The van der Waals surface area contributed by atoms with E-state index in [9.17, 15) is 5.11 Å². The van der Waals surface area contributed by atoms with Gasteiger partial charge in [0, 0.05) is 36.6 Å². The van der Waals surface area contributed by atoms with Gasteiger partial charge in [-0.3, -0.25) is 9.67 Å². The maximum Gasteiger partial charge on any atom is 0.184 e. The molecule has 4 heterocycles. The summed E-state index contributed by atoms with van der Waals surface area (Å²) in [6.45, 7) is 4.32. The van der Waals surface area contributed by atoms with Gasteiger partial charge in [0.15, 0.2) is 5.13 Å². The third kappa shape index (κ3) is 6.11. The smallest absolute Gasteiger partial charge is 0.184 e. The summed E-state index contributed by atoms with van der Waals surface area (Å²) in [5.74, 6) is 1.49. The fraction of sp³-hybridized carbons (Fsp3) is 0.464. The number of likely N-dealkylation sites (tertiary alicyclic amines) is 1. The minimum absolute atomic E-state index is 0. The maximum atomic E-state index is 10.3. The highest BCUT2D eigenvalue weighted by Crippen LogP contribution is 2.33. The monoisotopic (exact) mass is 520 g/mol. The number of anilines is 1. The Hall–Kier alpha value is -3.01. The van der Waals surface area contributed by atoms with E-state index in [0.29, 0.717) is 0 Å². The van der Waals surface area contributed by atoms with E-state index >= 15 is 0 Å². The van der Waals surface area contributed by atoms with Crippen molar-refractivity contribution in [2.75, 3.05) is 25.0 Å². The van der Waals surface area contributed by atoms with Crippen LogP contribution < -0.4 is 10.1 Å². The predicted molar refractivity (Wildman–Crippen MR) is 149 cm³/mol. The lowest BCUT2D eigenvalue weighted by Crippen LogP contribution is -2.36. The molecule has 8 nitrogen and oxygen atoms in total. The van der Waals surface area contributed by atoms with E-state index in [-0.39, 0.29) is 19.6 Å². The molecule has 1 saturated carbocycles. The van der Waals surface area contributed by atoms with Crippen molar-refractivity contribution >= 4 is 26.7 Å². The molecular formula is C28H36N6O2S. The molecule has 0 unspecified atom stereocenters. The standard InChI is InChI=1S/C27H32N6O2S.CH4/c34-25-6-2-1-5-22(25)30-27-31-23-8-7-20(16-26(23)36-27)35-21-9-10-28-24(15-21)19-17-29-33(18-19)14-13-32-11-3-4-12-32;/h7-10,15-18,22,25,34H,1-6,11-14H2,(H,30,31);1H4/t22-,25-;/m1./s1. The number of hydrogen-bond acceptors (Lipinski definition) is 8. The normalized spacial score (nSPS) is 20.1. The Morgan fingerprint density at radius 2 is 1.86 bits per heavy atom. The van der Waals surface area contributed by atoms with Crippen LogP contribution in [0.15, 0.2) is 48.9 Å². The molecule has 1 aliphatic heterocycles. The number of nitrogens with zero attached hydrogens (tertiary/aromatic N) is 5. The van der Waals surface area contributed by atoms with Gasteiger partial charge in [-0.15, -0.1) is 0 Å². The first kappa shape index (κ1) is 25.6. The summed E-state index contributed by atoms with van der Waals surface area (Å²) in [6.07, 6.45) is 12.1. The summed E-state index contributed by atoms with van der Waals surface area (Å²) >= 11 is 1.59. The van der Waals surface area contributed by atoms with Gasteiger partial charge < -0.3 is 20.1 Å². The van der Waals surface area contributed by atoms with Crippen LogP contribution in [0.3, 0.4) is 0 Å². The summed E-state index contributed by atoms with van der Waals surface area (Å²) in [6, 6.07) is 9.85. The summed E-state index contributed by atoms with van der Waals surface area (Å²) in [7, 11) is 0. The molecule has 2 atom stereocenters. The predicted octanol–water partition coefficient (Wildman–Crippen LogP) is 5.79. The summed E-state index contributed by atoms with van der Waals surface area (Å²) in [5, 5.41) is 19.1. The number of thiazole rings is 1. The van der Waals surface area contributed by atoms with E-state index in [0.717, 1.165) is 76.9 Å². The molecular weight excluding hydrogens is 484 g/mol. The number of aliphatic hydroxyl groups excluding tert-OH is 1. The second kappa shape index (κ2) is 11.6. The lowest BCUT2D eigenvalue weighted by molar-refractivity contribution is 0.116. The molecule has 1 aliphatic carbocycles. The molecule has 0 spiro atoms. The highest BCUT2D eigenvalue weighted by Gasteiger charge is 2.23. The zero-order valence-corrected chi connectivity index (χ0v) is 21.2. The Kier molecular flexibility index (Phi) is 8.02. The van der Waals surface area contributed by atoms with Crippen LogP contribution in [-0.4, -0.2) is 61.5 Å². The molecule has 2 fully saturated rings. The van der Waals surface area contributed by atoms with Crippen LogP contribution in [0.2, 0.25) is 0 Å². The van der Waals surface area contributed by atoms with Crippen LogP contribution in [0, 0.1) is 0 Å². The van der Waals surface area contributed by atoms with Gasteiger partial charge in [0.05, 0.1) is 40.8 Å². The van der Waals surface area contributed by atoms with E-state index in [1.54, 1.807) is 17.5 Å². The number of rotatable bonds is 8. The number of aromatic nitrogens is 4. The van der Waals surface area contributed by atoms with Crippen molar-refractivity contribution in [2.45, 2.75) is 64.6 Å². The highest BCUT2D eigenvalue weighted by molar-refractivity contribution is 7.22. The SMILES string of the molecule is C.O[C@@H]1CCCC[C@H]1Nc1nc2ccc(Oc3ccnc(-c4cnn(CCN5CCCC5)c4)c3)cc2s1. The molecule has 1 aromatic carbocycles. The third-order valence-electron chi connectivity index (χ3n) is 7.14. The van der Waals surface area contributed by atoms with Gasteiger partial charge in [0.1, 0.15) is 11.5 Å².